The first-order chi connectivity index (χ1) is 31.6. The summed E-state index contributed by atoms with van der Waals surface area (Å²) in [6.45, 7) is 26.7. The number of aliphatic imine (C=N–C) groups is 4. The van der Waals surface area contributed by atoms with Gasteiger partial charge in [0.2, 0.25) is 0 Å². The van der Waals surface area contributed by atoms with E-state index in [9.17, 15) is 20.4 Å². The number of hydrogen-bond donors (Lipinski definition) is 5. The molecule has 0 heterocycles. The number of rotatable bonds is 8. The van der Waals surface area contributed by atoms with Gasteiger partial charge < -0.3 is 47.4 Å². The molecule has 0 spiro atoms. The van der Waals surface area contributed by atoms with Crippen molar-refractivity contribution in [2.45, 2.75) is 112 Å². The van der Waals surface area contributed by atoms with Gasteiger partial charge in [-0.15, -0.1) is 0 Å². The molecule has 0 saturated carbocycles. The molecule has 0 aliphatic carbocycles. The van der Waals surface area contributed by atoms with Crippen LogP contribution in [0.4, 0.5) is 22.7 Å². The fraction of sp³-hybridized carbons (Fsp3) is 0.293. The first-order valence-corrected chi connectivity index (χ1v) is 22.5. The van der Waals surface area contributed by atoms with E-state index in [2.05, 4.69) is 103 Å². The first-order valence-electron chi connectivity index (χ1n) is 22.5. The van der Waals surface area contributed by atoms with E-state index in [1.165, 1.54) is 0 Å². The van der Waals surface area contributed by atoms with E-state index in [1.54, 1.807) is 49.1 Å². The normalized spacial score (nSPS) is 11.3. The molecule has 2 radical (unpaired) electrons. The van der Waals surface area contributed by atoms with Crippen molar-refractivity contribution in [2.75, 3.05) is 0 Å². The van der Waals surface area contributed by atoms with E-state index in [1.807, 2.05) is 97.1 Å². The molecule has 13 N–H and O–H groups in total. The van der Waals surface area contributed by atoms with Crippen LogP contribution in [0.5, 0.6) is 23.0 Å². The summed E-state index contributed by atoms with van der Waals surface area (Å²) in [6.07, 6.45) is 6.65. The number of carboxylic acid groups (broad SMARTS) is 1. The van der Waals surface area contributed by atoms with Crippen molar-refractivity contribution >= 4 is 53.6 Å². The summed E-state index contributed by atoms with van der Waals surface area (Å²) < 4.78 is 0. The molecule has 6 rings (SSSR count). The molecule has 0 atom stereocenters. The standard InChI is InChI=1S/2C28H32N2O2.C2H4O2.2Co.4H2O/c2*1-27(2,3)21-11-13-25(31)19(15-21)17-29-23-9-7-8-10-24(23)30-18-20-16-22(28(4,5)6)12-14-26(20)32;1-2(3)4;;;;;;/h2*7-18,31-32H,1-6H3;1H3,(H,3,4);;;4*1H2. The van der Waals surface area contributed by atoms with Crippen molar-refractivity contribution in [3.8, 4) is 23.0 Å². The van der Waals surface area contributed by atoms with Crippen molar-refractivity contribution in [2.24, 2.45) is 20.0 Å². The molecule has 0 bridgehead atoms. The van der Waals surface area contributed by atoms with Crippen LogP contribution in [0.15, 0.2) is 141 Å². The van der Waals surface area contributed by atoms with E-state index >= 15 is 0 Å². The van der Waals surface area contributed by atoms with Crippen molar-refractivity contribution in [3.63, 3.8) is 0 Å². The van der Waals surface area contributed by atoms with E-state index in [0.29, 0.717) is 45.0 Å². The Labute approximate surface area is 457 Å². The minimum Gasteiger partial charge on any atom is -0.507 e. The Kier molecular flexibility index (Phi) is 29.7. The summed E-state index contributed by atoms with van der Waals surface area (Å²) >= 11 is 0. The van der Waals surface area contributed by atoms with Crippen LogP contribution >= 0.6 is 0 Å². The van der Waals surface area contributed by atoms with E-state index in [4.69, 9.17) is 9.90 Å². The van der Waals surface area contributed by atoms with Gasteiger partial charge in [0.15, 0.2) is 0 Å². The predicted molar refractivity (Wildman–Crippen MR) is 297 cm³/mol. The third-order valence-corrected chi connectivity index (χ3v) is 10.7. The minimum absolute atomic E-state index is 0. The van der Waals surface area contributed by atoms with Gasteiger partial charge in [-0.1, -0.05) is 132 Å². The molecule has 0 aromatic heterocycles. The van der Waals surface area contributed by atoms with Crippen LogP contribution < -0.4 is 0 Å². The summed E-state index contributed by atoms with van der Waals surface area (Å²) in [6, 6.07) is 37.5. The van der Waals surface area contributed by atoms with E-state index < -0.39 is 5.97 Å². The SMILES string of the molecule is CC(=O)O.CC(C)(C)c1ccc(O)c(C=Nc2ccccc2N=Cc2cc(C(C)(C)C)ccc2O)c1.CC(C)(C)c1ccc(O)c(C=Nc2ccccc2N=Cc2cc(C(C)(C)C)ccc2O)c1.O.O.O.O.[Co].[Co]. The van der Waals surface area contributed by atoms with Crippen LogP contribution in [0.3, 0.4) is 0 Å². The molecule has 0 aliphatic rings. The van der Waals surface area contributed by atoms with Gasteiger partial charge in [-0.2, -0.15) is 0 Å². The fourth-order valence-electron chi connectivity index (χ4n) is 6.42. The maximum atomic E-state index is 10.3. The van der Waals surface area contributed by atoms with Gasteiger partial charge in [0, 0.05) is 87.6 Å². The monoisotopic (exact) mass is 1110 g/mol. The van der Waals surface area contributed by atoms with Gasteiger partial charge in [0.05, 0.1) is 22.7 Å². The topological polar surface area (TPSA) is 294 Å². The quantitative estimate of drug-likeness (QED) is 0.0923. The summed E-state index contributed by atoms with van der Waals surface area (Å²) in [5, 5.41) is 48.5. The number of phenolic OH excluding ortho intramolecular Hbond substituents is 4. The largest absolute Gasteiger partial charge is 0.507 e. The number of nitrogens with zero attached hydrogens (tertiary/aromatic N) is 4. The maximum Gasteiger partial charge on any atom is 0.300 e. The molecule has 6 aromatic carbocycles. The predicted octanol–water partition coefficient (Wildman–Crippen LogP) is 11.2. The third kappa shape index (κ3) is 21.9. The first kappa shape index (κ1) is 71.8. The minimum atomic E-state index is -0.833. The van der Waals surface area contributed by atoms with Gasteiger partial charge in [0.25, 0.3) is 5.97 Å². The zero-order valence-corrected chi connectivity index (χ0v) is 46.5. The Bertz CT molecular complexity index is 2460. The molecule has 0 saturated heterocycles. The number of hydrogen-bond acceptors (Lipinski definition) is 9. The van der Waals surface area contributed by atoms with E-state index in [0.717, 1.165) is 29.2 Å². The van der Waals surface area contributed by atoms with E-state index in [-0.39, 0.29) is 100 Å². The summed E-state index contributed by atoms with van der Waals surface area (Å²) in [5.41, 5.74) is 9.73. The summed E-state index contributed by atoms with van der Waals surface area (Å²) in [7, 11) is 0. The molecule has 0 aliphatic heterocycles. The number of carbonyl (C=O) groups is 1. The van der Waals surface area contributed by atoms with Crippen LogP contribution in [0, 0.1) is 0 Å². The summed E-state index contributed by atoms with van der Waals surface area (Å²) in [4.78, 5) is 27.4. The molecule has 6 aromatic rings. The average molecular weight is 1110 g/mol. The second kappa shape index (κ2) is 30.7. The van der Waals surface area contributed by atoms with Crippen molar-refractivity contribution in [3.05, 3.63) is 166 Å². The zero-order valence-electron chi connectivity index (χ0n) is 44.5. The van der Waals surface area contributed by atoms with Crippen molar-refractivity contribution < 1.29 is 85.8 Å². The second-order valence-corrected chi connectivity index (χ2v) is 20.6. The van der Waals surface area contributed by atoms with Crippen LogP contribution in [0.25, 0.3) is 0 Å². The number of aromatic hydroxyl groups is 4. The second-order valence-electron chi connectivity index (χ2n) is 20.6. The molecule has 0 amide bonds. The van der Waals surface area contributed by atoms with Crippen LogP contribution in [0.2, 0.25) is 0 Å². The number of phenols is 4. The number of carboxylic acids is 1. The van der Waals surface area contributed by atoms with Gasteiger partial charge in [-0.05, 0) is 117 Å². The molecule has 74 heavy (non-hydrogen) atoms. The molecule has 406 valence electrons. The Balaban J connectivity index is -0.00000118. The smallest absolute Gasteiger partial charge is 0.300 e. The van der Waals surface area contributed by atoms with Crippen LogP contribution in [-0.2, 0) is 60.0 Å². The number of para-hydroxylation sites is 4. The average Bonchev–Trinajstić information content (AvgIpc) is 3.24. The van der Waals surface area contributed by atoms with Crippen LogP contribution in [-0.4, -0.2) is 78.3 Å². The molecular formula is C58H76Co2N4O10. The molecule has 0 unspecified atom stereocenters. The van der Waals surface area contributed by atoms with Crippen LogP contribution in [0.1, 0.15) is 135 Å². The number of aliphatic carboxylic acids is 1. The van der Waals surface area contributed by atoms with Gasteiger partial charge >= 0.3 is 0 Å². The van der Waals surface area contributed by atoms with Crippen molar-refractivity contribution in [1.82, 2.24) is 0 Å². The molecule has 16 heteroatoms. The molecule has 14 nitrogen and oxygen atoms in total. The van der Waals surface area contributed by atoms with Gasteiger partial charge in [-0.3, -0.25) is 24.8 Å². The third-order valence-electron chi connectivity index (χ3n) is 10.7. The number of benzene rings is 6. The zero-order chi connectivity index (χ0) is 50.6. The maximum absolute atomic E-state index is 10.3. The fourth-order valence-corrected chi connectivity index (χ4v) is 6.42. The van der Waals surface area contributed by atoms with Crippen molar-refractivity contribution in [1.29, 1.82) is 0 Å². The van der Waals surface area contributed by atoms with Gasteiger partial charge in [0.1, 0.15) is 23.0 Å². The molecule has 0 fully saturated rings. The molecular weight excluding hydrogens is 1030 g/mol. The Morgan fingerprint density at radius 2 is 0.527 bits per heavy atom. The Morgan fingerprint density at radius 1 is 0.365 bits per heavy atom. The van der Waals surface area contributed by atoms with Gasteiger partial charge in [-0.25, -0.2) is 0 Å². The Hall–Kier alpha value is -6.48. The summed E-state index contributed by atoms with van der Waals surface area (Å²) in [5.74, 6) is -0.0865. The Morgan fingerprint density at radius 3 is 0.676 bits per heavy atom.